The quantitative estimate of drug-likeness (QED) is 0.394. The van der Waals surface area contributed by atoms with Crippen molar-refractivity contribution in [3.8, 4) is 11.5 Å². The number of fused-ring (bicyclic) bond motifs is 1. The highest BCUT2D eigenvalue weighted by molar-refractivity contribution is 5.99. The van der Waals surface area contributed by atoms with Gasteiger partial charge in [-0.1, -0.05) is 43.7 Å². The summed E-state index contributed by atoms with van der Waals surface area (Å²) in [4.78, 5) is 29.1. The van der Waals surface area contributed by atoms with Gasteiger partial charge in [0.05, 0.1) is 19.2 Å². The summed E-state index contributed by atoms with van der Waals surface area (Å²) in [5.41, 5.74) is 1.68. The third-order valence-corrected chi connectivity index (χ3v) is 4.59. The summed E-state index contributed by atoms with van der Waals surface area (Å²) >= 11 is 0. The third-order valence-electron chi connectivity index (χ3n) is 4.59. The molecule has 7 heteroatoms. The lowest BCUT2D eigenvalue weighted by atomic mass is 10.1. The first kappa shape index (κ1) is 22.1. The molecule has 162 valence electrons. The number of amides is 1. The van der Waals surface area contributed by atoms with E-state index in [1.54, 1.807) is 25.3 Å². The highest BCUT2D eigenvalue weighted by atomic mass is 16.5. The Morgan fingerprint density at radius 2 is 1.87 bits per heavy atom. The number of benzene rings is 2. The van der Waals surface area contributed by atoms with Gasteiger partial charge < -0.3 is 19.5 Å². The van der Waals surface area contributed by atoms with Crippen LogP contribution in [-0.2, 0) is 16.1 Å². The van der Waals surface area contributed by atoms with E-state index in [9.17, 15) is 9.59 Å². The molecular weight excluding hydrogens is 396 g/mol. The lowest BCUT2D eigenvalue weighted by Gasteiger charge is -2.13. The first-order chi connectivity index (χ1) is 15.1. The Kier molecular flexibility index (Phi) is 7.81. The lowest BCUT2D eigenvalue weighted by Crippen LogP contribution is -2.31. The monoisotopic (exact) mass is 422 g/mol. The van der Waals surface area contributed by atoms with Crippen molar-refractivity contribution in [3.05, 3.63) is 65.9 Å². The molecule has 1 heterocycles. The molecule has 0 radical (unpaired) electrons. The van der Waals surface area contributed by atoms with Crippen LogP contribution in [0.1, 0.15) is 35.8 Å². The highest BCUT2D eigenvalue weighted by Gasteiger charge is 2.18. The number of nitrogens with one attached hydrogen (secondary N) is 1. The third kappa shape index (κ3) is 6.18. The molecule has 0 aliphatic carbocycles. The molecule has 1 aromatic heterocycles. The van der Waals surface area contributed by atoms with Crippen LogP contribution in [0.25, 0.3) is 10.9 Å². The SMILES string of the molecule is CCCCOC(=O)CNC(=O)c1nc2ccc(OC)cc2cc1OCc1ccccc1. The summed E-state index contributed by atoms with van der Waals surface area (Å²) in [6, 6.07) is 16.7. The van der Waals surface area contributed by atoms with Gasteiger partial charge in [-0.3, -0.25) is 9.59 Å². The molecule has 3 aromatic rings. The molecule has 0 atom stereocenters. The number of rotatable bonds is 10. The number of hydrogen-bond donors (Lipinski definition) is 1. The molecule has 0 unspecified atom stereocenters. The van der Waals surface area contributed by atoms with Crippen LogP contribution in [0.2, 0.25) is 0 Å². The number of carbonyl (C=O) groups is 2. The maximum Gasteiger partial charge on any atom is 0.325 e. The Balaban J connectivity index is 1.81. The van der Waals surface area contributed by atoms with Gasteiger partial charge in [-0.05, 0) is 36.2 Å². The largest absolute Gasteiger partial charge is 0.497 e. The van der Waals surface area contributed by atoms with Crippen LogP contribution in [0.3, 0.4) is 0 Å². The Labute approximate surface area is 181 Å². The zero-order valence-electron chi connectivity index (χ0n) is 17.7. The maximum absolute atomic E-state index is 12.8. The number of carbonyl (C=O) groups excluding carboxylic acids is 2. The van der Waals surface area contributed by atoms with E-state index in [1.807, 2.05) is 43.3 Å². The van der Waals surface area contributed by atoms with E-state index in [4.69, 9.17) is 14.2 Å². The molecule has 0 saturated heterocycles. The topological polar surface area (TPSA) is 86.8 Å². The van der Waals surface area contributed by atoms with Gasteiger partial charge in [0, 0.05) is 5.39 Å². The van der Waals surface area contributed by atoms with E-state index < -0.39 is 11.9 Å². The minimum atomic E-state index is -0.506. The number of pyridine rings is 1. The van der Waals surface area contributed by atoms with Crippen molar-refractivity contribution in [2.45, 2.75) is 26.4 Å². The van der Waals surface area contributed by atoms with Gasteiger partial charge in [0.1, 0.15) is 18.9 Å². The molecule has 0 aliphatic heterocycles. The number of unbranched alkanes of at least 4 members (excludes halogenated alkanes) is 1. The van der Waals surface area contributed by atoms with E-state index in [2.05, 4.69) is 10.3 Å². The van der Waals surface area contributed by atoms with Crippen molar-refractivity contribution in [2.24, 2.45) is 0 Å². The molecule has 0 bridgehead atoms. The van der Waals surface area contributed by atoms with Crippen molar-refractivity contribution in [1.29, 1.82) is 0 Å². The van der Waals surface area contributed by atoms with E-state index in [0.717, 1.165) is 23.8 Å². The Hall–Kier alpha value is -3.61. The van der Waals surface area contributed by atoms with Crippen LogP contribution in [-0.4, -0.2) is 37.1 Å². The molecule has 2 aromatic carbocycles. The minimum Gasteiger partial charge on any atom is -0.497 e. The fourth-order valence-corrected chi connectivity index (χ4v) is 2.89. The van der Waals surface area contributed by atoms with Gasteiger partial charge in [0.15, 0.2) is 11.4 Å². The van der Waals surface area contributed by atoms with Crippen LogP contribution < -0.4 is 14.8 Å². The second-order valence-corrected chi connectivity index (χ2v) is 6.92. The van der Waals surface area contributed by atoms with Gasteiger partial charge >= 0.3 is 5.97 Å². The Morgan fingerprint density at radius 1 is 1.06 bits per heavy atom. The fraction of sp³-hybridized carbons (Fsp3) is 0.292. The van der Waals surface area contributed by atoms with Gasteiger partial charge in [-0.2, -0.15) is 0 Å². The molecule has 31 heavy (non-hydrogen) atoms. The average Bonchev–Trinajstić information content (AvgIpc) is 2.81. The minimum absolute atomic E-state index is 0.106. The molecular formula is C24H26N2O5. The van der Waals surface area contributed by atoms with E-state index in [0.29, 0.717) is 23.6 Å². The fourth-order valence-electron chi connectivity index (χ4n) is 2.89. The summed E-state index contributed by atoms with van der Waals surface area (Å²) in [6.07, 6.45) is 1.71. The number of nitrogens with zero attached hydrogens (tertiary/aromatic N) is 1. The van der Waals surface area contributed by atoms with E-state index in [-0.39, 0.29) is 18.8 Å². The van der Waals surface area contributed by atoms with Crippen LogP contribution in [0, 0.1) is 0 Å². The Morgan fingerprint density at radius 3 is 2.61 bits per heavy atom. The molecule has 1 N–H and O–H groups in total. The summed E-state index contributed by atoms with van der Waals surface area (Å²) in [6.45, 7) is 2.39. The zero-order valence-corrected chi connectivity index (χ0v) is 17.7. The standard InChI is InChI=1S/C24H26N2O5/c1-3-4-12-30-22(27)15-25-24(28)23-21(31-16-17-8-6-5-7-9-17)14-18-13-19(29-2)10-11-20(18)26-23/h5-11,13-14H,3-4,12,15-16H2,1-2H3,(H,25,28). The normalized spacial score (nSPS) is 10.5. The summed E-state index contributed by atoms with van der Waals surface area (Å²) < 4.78 is 16.3. The Bertz CT molecular complexity index is 1040. The van der Waals surface area contributed by atoms with Crippen LogP contribution in [0.15, 0.2) is 54.6 Å². The van der Waals surface area contributed by atoms with Crippen molar-refractivity contribution in [2.75, 3.05) is 20.3 Å². The molecule has 0 fully saturated rings. The van der Waals surface area contributed by atoms with Gasteiger partial charge in [0.2, 0.25) is 0 Å². The lowest BCUT2D eigenvalue weighted by molar-refractivity contribution is -0.142. The predicted octanol–water partition coefficient (Wildman–Crippen LogP) is 3.90. The predicted molar refractivity (Wildman–Crippen MR) is 117 cm³/mol. The summed E-state index contributed by atoms with van der Waals surface area (Å²) in [5.74, 6) is 0.00379. The van der Waals surface area contributed by atoms with Crippen molar-refractivity contribution < 1.29 is 23.8 Å². The first-order valence-electron chi connectivity index (χ1n) is 10.2. The smallest absolute Gasteiger partial charge is 0.325 e. The zero-order chi connectivity index (χ0) is 22.1. The van der Waals surface area contributed by atoms with Crippen molar-refractivity contribution in [3.63, 3.8) is 0 Å². The molecule has 1 amide bonds. The maximum atomic E-state index is 12.8. The van der Waals surface area contributed by atoms with E-state index >= 15 is 0 Å². The van der Waals surface area contributed by atoms with Crippen LogP contribution in [0.5, 0.6) is 11.5 Å². The van der Waals surface area contributed by atoms with E-state index in [1.165, 1.54) is 0 Å². The van der Waals surface area contributed by atoms with Crippen molar-refractivity contribution >= 4 is 22.8 Å². The van der Waals surface area contributed by atoms with Crippen molar-refractivity contribution in [1.82, 2.24) is 10.3 Å². The van der Waals surface area contributed by atoms with Gasteiger partial charge in [-0.15, -0.1) is 0 Å². The number of aromatic nitrogens is 1. The first-order valence-corrected chi connectivity index (χ1v) is 10.2. The van der Waals surface area contributed by atoms with Crippen LogP contribution in [0.4, 0.5) is 0 Å². The number of hydrogen-bond acceptors (Lipinski definition) is 6. The van der Waals surface area contributed by atoms with Gasteiger partial charge in [-0.25, -0.2) is 4.98 Å². The second-order valence-electron chi connectivity index (χ2n) is 6.92. The number of methoxy groups -OCH3 is 1. The van der Waals surface area contributed by atoms with Gasteiger partial charge in [0.25, 0.3) is 5.91 Å². The molecule has 3 rings (SSSR count). The molecule has 0 spiro atoms. The molecule has 0 saturated carbocycles. The molecule has 0 aliphatic rings. The summed E-state index contributed by atoms with van der Waals surface area (Å²) in [7, 11) is 1.59. The number of ether oxygens (including phenoxy) is 3. The number of esters is 1. The second kappa shape index (κ2) is 11.0. The average molecular weight is 422 g/mol. The van der Waals surface area contributed by atoms with Crippen LogP contribution >= 0.6 is 0 Å². The summed E-state index contributed by atoms with van der Waals surface area (Å²) in [5, 5.41) is 3.35. The highest BCUT2D eigenvalue weighted by Crippen LogP contribution is 2.27. The molecule has 7 nitrogen and oxygen atoms in total.